The largest absolute Gasteiger partial charge is 0.440 e. The molecule has 86 valence electrons. The standard InChI is InChI=1S/C11H20N2OS/c1-4-6-12-9(2)5-7-15-11-13-10(3)8-14-11/h8-9,12H,4-7H2,1-3H3. The maximum Gasteiger partial charge on any atom is 0.255 e. The summed E-state index contributed by atoms with van der Waals surface area (Å²) < 4.78 is 5.26. The Morgan fingerprint density at radius 2 is 2.40 bits per heavy atom. The summed E-state index contributed by atoms with van der Waals surface area (Å²) in [5, 5.41) is 4.25. The van der Waals surface area contributed by atoms with Crippen LogP contribution in [-0.4, -0.2) is 23.3 Å². The fourth-order valence-corrected chi connectivity index (χ4v) is 2.19. The zero-order chi connectivity index (χ0) is 11.1. The highest BCUT2D eigenvalue weighted by Crippen LogP contribution is 2.17. The minimum absolute atomic E-state index is 0.577. The van der Waals surface area contributed by atoms with E-state index in [4.69, 9.17) is 4.42 Å². The first-order chi connectivity index (χ1) is 7.22. The van der Waals surface area contributed by atoms with Gasteiger partial charge in [0, 0.05) is 11.8 Å². The van der Waals surface area contributed by atoms with Gasteiger partial charge in [-0.05, 0) is 33.2 Å². The molecule has 1 unspecified atom stereocenters. The molecule has 15 heavy (non-hydrogen) atoms. The lowest BCUT2D eigenvalue weighted by atomic mass is 10.2. The van der Waals surface area contributed by atoms with Crippen LogP contribution < -0.4 is 5.32 Å². The SMILES string of the molecule is CCCNC(C)CCSc1nc(C)co1. The molecule has 0 aliphatic heterocycles. The lowest BCUT2D eigenvalue weighted by Crippen LogP contribution is -2.27. The van der Waals surface area contributed by atoms with Crippen molar-refractivity contribution in [2.75, 3.05) is 12.3 Å². The number of aromatic nitrogens is 1. The van der Waals surface area contributed by atoms with Crippen molar-refractivity contribution in [1.82, 2.24) is 10.3 Å². The van der Waals surface area contributed by atoms with E-state index >= 15 is 0 Å². The Bertz CT molecular complexity index is 275. The van der Waals surface area contributed by atoms with Crippen molar-refractivity contribution in [3.8, 4) is 0 Å². The molecule has 0 bridgehead atoms. The molecule has 0 amide bonds. The molecule has 1 aromatic heterocycles. The predicted molar refractivity (Wildman–Crippen MR) is 64.3 cm³/mol. The third-order valence-electron chi connectivity index (χ3n) is 2.12. The van der Waals surface area contributed by atoms with Crippen LogP contribution in [0.2, 0.25) is 0 Å². The van der Waals surface area contributed by atoms with Crippen LogP contribution in [0, 0.1) is 6.92 Å². The van der Waals surface area contributed by atoms with E-state index < -0.39 is 0 Å². The number of oxazole rings is 1. The predicted octanol–water partition coefficient (Wildman–Crippen LogP) is 2.85. The molecular formula is C11H20N2OS. The van der Waals surface area contributed by atoms with E-state index in [1.165, 1.54) is 6.42 Å². The third kappa shape index (κ3) is 5.23. The molecule has 0 aliphatic rings. The Labute approximate surface area is 96.0 Å². The van der Waals surface area contributed by atoms with E-state index in [2.05, 4.69) is 24.1 Å². The van der Waals surface area contributed by atoms with E-state index in [-0.39, 0.29) is 0 Å². The van der Waals surface area contributed by atoms with Gasteiger partial charge in [0.1, 0.15) is 6.26 Å². The van der Waals surface area contributed by atoms with Crippen molar-refractivity contribution in [2.45, 2.75) is 44.9 Å². The number of aryl methyl sites for hydroxylation is 1. The number of nitrogens with zero attached hydrogens (tertiary/aromatic N) is 1. The second-order valence-electron chi connectivity index (χ2n) is 3.75. The highest BCUT2D eigenvalue weighted by molar-refractivity contribution is 7.99. The van der Waals surface area contributed by atoms with Gasteiger partial charge in [-0.2, -0.15) is 0 Å². The molecule has 3 nitrogen and oxygen atoms in total. The van der Waals surface area contributed by atoms with Crippen LogP contribution in [0.1, 0.15) is 32.4 Å². The van der Waals surface area contributed by atoms with Crippen LogP contribution in [0.3, 0.4) is 0 Å². The number of hydrogen-bond donors (Lipinski definition) is 1. The Hall–Kier alpha value is -0.480. The van der Waals surface area contributed by atoms with Crippen molar-refractivity contribution >= 4 is 11.8 Å². The average molecular weight is 228 g/mol. The Morgan fingerprint density at radius 3 is 3.00 bits per heavy atom. The summed E-state index contributed by atoms with van der Waals surface area (Å²) >= 11 is 1.69. The lowest BCUT2D eigenvalue weighted by Gasteiger charge is -2.11. The van der Waals surface area contributed by atoms with E-state index in [1.54, 1.807) is 18.0 Å². The van der Waals surface area contributed by atoms with Gasteiger partial charge in [0.2, 0.25) is 0 Å². The molecule has 1 N–H and O–H groups in total. The molecule has 0 aliphatic carbocycles. The van der Waals surface area contributed by atoms with Crippen LogP contribution in [0.4, 0.5) is 0 Å². The van der Waals surface area contributed by atoms with Crippen LogP contribution in [0.15, 0.2) is 15.9 Å². The molecule has 4 heteroatoms. The minimum atomic E-state index is 0.577. The summed E-state index contributed by atoms with van der Waals surface area (Å²) in [6, 6.07) is 0.577. The first-order valence-electron chi connectivity index (χ1n) is 5.50. The molecule has 1 aromatic rings. The normalized spacial score (nSPS) is 13.0. The fourth-order valence-electron chi connectivity index (χ4n) is 1.21. The number of hydrogen-bond acceptors (Lipinski definition) is 4. The third-order valence-corrected chi connectivity index (χ3v) is 2.99. The van der Waals surface area contributed by atoms with Gasteiger partial charge in [-0.3, -0.25) is 0 Å². The first-order valence-corrected chi connectivity index (χ1v) is 6.49. The minimum Gasteiger partial charge on any atom is -0.440 e. The van der Waals surface area contributed by atoms with Crippen LogP contribution in [0.5, 0.6) is 0 Å². The quantitative estimate of drug-likeness (QED) is 0.728. The van der Waals surface area contributed by atoms with E-state index in [0.29, 0.717) is 6.04 Å². The molecule has 0 saturated carbocycles. The molecule has 1 heterocycles. The summed E-state index contributed by atoms with van der Waals surface area (Å²) in [5.41, 5.74) is 0.953. The second-order valence-corrected chi connectivity index (χ2v) is 4.79. The molecule has 0 saturated heterocycles. The lowest BCUT2D eigenvalue weighted by molar-refractivity contribution is 0.453. The highest BCUT2D eigenvalue weighted by atomic mass is 32.2. The summed E-state index contributed by atoms with van der Waals surface area (Å²) in [7, 11) is 0. The Balaban J connectivity index is 2.10. The molecular weight excluding hydrogens is 208 g/mol. The van der Waals surface area contributed by atoms with E-state index in [1.807, 2.05) is 6.92 Å². The molecule has 1 atom stereocenters. The fraction of sp³-hybridized carbons (Fsp3) is 0.727. The van der Waals surface area contributed by atoms with Gasteiger partial charge in [0.15, 0.2) is 0 Å². The zero-order valence-corrected chi connectivity index (χ0v) is 10.6. The van der Waals surface area contributed by atoms with Crippen molar-refractivity contribution < 1.29 is 4.42 Å². The van der Waals surface area contributed by atoms with Gasteiger partial charge in [0.05, 0.1) is 5.69 Å². The van der Waals surface area contributed by atoms with Gasteiger partial charge >= 0.3 is 0 Å². The maximum absolute atomic E-state index is 5.26. The molecule has 0 fully saturated rings. The van der Waals surface area contributed by atoms with Crippen LogP contribution >= 0.6 is 11.8 Å². The van der Waals surface area contributed by atoms with Crippen molar-refractivity contribution in [1.29, 1.82) is 0 Å². The topological polar surface area (TPSA) is 38.1 Å². The van der Waals surface area contributed by atoms with Crippen molar-refractivity contribution in [2.24, 2.45) is 0 Å². The molecule has 0 radical (unpaired) electrons. The van der Waals surface area contributed by atoms with Gasteiger partial charge in [0.25, 0.3) is 5.22 Å². The highest BCUT2D eigenvalue weighted by Gasteiger charge is 2.04. The van der Waals surface area contributed by atoms with E-state index in [0.717, 1.165) is 29.6 Å². The number of rotatable bonds is 7. The summed E-state index contributed by atoms with van der Waals surface area (Å²) in [5.74, 6) is 1.05. The number of thioether (sulfide) groups is 1. The summed E-state index contributed by atoms with van der Waals surface area (Å²) in [4.78, 5) is 4.25. The summed E-state index contributed by atoms with van der Waals surface area (Å²) in [6.07, 6.45) is 4.03. The average Bonchev–Trinajstić information content (AvgIpc) is 2.61. The van der Waals surface area contributed by atoms with Gasteiger partial charge in [-0.25, -0.2) is 4.98 Å². The Morgan fingerprint density at radius 1 is 1.60 bits per heavy atom. The van der Waals surface area contributed by atoms with Crippen molar-refractivity contribution in [3.05, 3.63) is 12.0 Å². The molecule has 0 aromatic carbocycles. The molecule has 0 spiro atoms. The zero-order valence-electron chi connectivity index (χ0n) is 9.75. The van der Waals surface area contributed by atoms with Crippen LogP contribution in [-0.2, 0) is 0 Å². The second kappa shape index (κ2) is 6.90. The number of nitrogens with one attached hydrogen (secondary N) is 1. The Kier molecular flexibility index (Phi) is 5.79. The van der Waals surface area contributed by atoms with Crippen LogP contribution in [0.25, 0.3) is 0 Å². The smallest absolute Gasteiger partial charge is 0.255 e. The first kappa shape index (κ1) is 12.6. The summed E-state index contributed by atoms with van der Waals surface area (Å²) in [6.45, 7) is 7.45. The monoisotopic (exact) mass is 228 g/mol. The van der Waals surface area contributed by atoms with E-state index in [9.17, 15) is 0 Å². The maximum atomic E-state index is 5.26. The van der Waals surface area contributed by atoms with Gasteiger partial charge in [-0.1, -0.05) is 18.7 Å². The molecule has 1 rings (SSSR count). The van der Waals surface area contributed by atoms with Crippen molar-refractivity contribution in [3.63, 3.8) is 0 Å². The van der Waals surface area contributed by atoms with Gasteiger partial charge < -0.3 is 9.73 Å². The van der Waals surface area contributed by atoms with Gasteiger partial charge in [-0.15, -0.1) is 0 Å².